The molecule has 3 unspecified atom stereocenters. The van der Waals surface area contributed by atoms with Gasteiger partial charge in [0.2, 0.25) is 0 Å². The molecule has 0 bridgehead atoms. The first-order chi connectivity index (χ1) is 17.6. The van der Waals surface area contributed by atoms with Crippen LogP contribution in [0.2, 0.25) is 5.02 Å². The maximum absolute atomic E-state index is 13.8. The summed E-state index contributed by atoms with van der Waals surface area (Å²) >= 11 is 9.49. The molecule has 2 aromatic carbocycles. The summed E-state index contributed by atoms with van der Waals surface area (Å²) < 4.78 is 11.7. The Balaban J connectivity index is 1.82. The lowest BCUT2D eigenvalue weighted by atomic mass is 9.69. The number of phenols is 1. The van der Waals surface area contributed by atoms with Crippen molar-refractivity contribution in [2.45, 2.75) is 52.4 Å². The highest BCUT2D eigenvalue weighted by Gasteiger charge is 2.45. The summed E-state index contributed by atoms with van der Waals surface area (Å²) in [5.74, 6) is -1.45. The van der Waals surface area contributed by atoms with Crippen molar-refractivity contribution in [2.24, 2.45) is 16.8 Å². The number of carbonyl (C=O) groups excluding carboxylic acids is 2. The van der Waals surface area contributed by atoms with E-state index in [9.17, 15) is 14.7 Å². The highest BCUT2D eigenvalue weighted by atomic mass is 79.9. The monoisotopic (exact) mass is 587 g/mol. The summed E-state index contributed by atoms with van der Waals surface area (Å²) in [4.78, 5) is 32.0. The second-order valence-corrected chi connectivity index (χ2v) is 11.2. The third-order valence-corrected chi connectivity index (χ3v) is 7.61. The van der Waals surface area contributed by atoms with Gasteiger partial charge in [-0.1, -0.05) is 37.6 Å². The van der Waals surface area contributed by atoms with Crippen molar-refractivity contribution in [3.8, 4) is 11.5 Å². The summed E-state index contributed by atoms with van der Waals surface area (Å²) in [7, 11) is 0. The molecule has 1 aliphatic carbocycles. The zero-order chi connectivity index (χ0) is 26.9. The molecule has 1 aliphatic heterocycles. The molecule has 0 fully saturated rings. The summed E-state index contributed by atoms with van der Waals surface area (Å²) in [6, 6.07) is 11.0. The summed E-state index contributed by atoms with van der Waals surface area (Å²) in [6.45, 7) is 8.21. The Morgan fingerprint density at radius 1 is 1.19 bits per heavy atom. The summed E-state index contributed by atoms with van der Waals surface area (Å²) in [6.07, 6.45) is 0.874. The fraction of sp³-hybridized carbons (Fsp3) is 0.414. The Bertz CT molecular complexity index is 1270. The van der Waals surface area contributed by atoms with E-state index in [0.717, 1.165) is 5.56 Å². The van der Waals surface area contributed by atoms with E-state index in [1.54, 1.807) is 12.1 Å². The minimum atomic E-state index is -0.764. The first-order valence-corrected chi connectivity index (χ1v) is 13.7. The molecular weight excluding hydrogens is 558 g/mol. The van der Waals surface area contributed by atoms with Crippen LogP contribution in [0, 0.1) is 11.8 Å². The molecule has 6 nitrogen and oxygen atoms in total. The molecule has 2 aliphatic rings. The predicted octanol–water partition coefficient (Wildman–Crippen LogP) is 6.98. The van der Waals surface area contributed by atoms with Crippen LogP contribution in [0.15, 0.2) is 57.1 Å². The van der Waals surface area contributed by atoms with E-state index in [4.69, 9.17) is 26.1 Å². The van der Waals surface area contributed by atoms with Crippen molar-refractivity contribution in [3.63, 3.8) is 0 Å². The molecule has 4 rings (SSSR count). The lowest BCUT2D eigenvalue weighted by Gasteiger charge is -2.36. The van der Waals surface area contributed by atoms with Gasteiger partial charge in [-0.2, -0.15) is 0 Å². The number of carbonyl (C=O) groups is 2. The van der Waals surface area contributed by atoms with Crippen molar-refractivity contribution in [2.75, 3.05) is 13.2 Å². The van der Waals surface area contributed by atoms with Crippen molar-refractivity contribution in [1.29, 1.82) is 0 Å². The van der Waals surface area contributed by atoms with Crippen LogP contribution < -0.4 is 4.74 Å². The standard InChI is InChI=1S/C29H31BrClNO5/c1-5-36-24-13-19(10-21(30)28(24)34)26-25(29(35)37-14-15(2)3)16(4)32-22-11-18(12-23(33)27(22)26)17-6-8-20(31)9-7-17/h6-10,13,15,18,25-26,34H,5,11-12,14H2,1-4H3. The number of aliphatic imine (C=N–C) groups is 1. The molecule has 0 radical (unpaired) electrons. The molecule has 3 atom stereocenters. The first-order valence-electron chi connectivity index (χ1n) is 12.5. The van der Waals surface area contributed by atoms with Crippen LogP contribution in [-0.2, 0) is 14.3 Å². The zero-order valence-corrected chi connectivity index (χ0v) is 23.7. The molecule has 0 amide bonds. The van der Waals surface area contributed by atoms with Gasteiger partial charge in [0.1, 0.15) is 5.92 Å². The minimum absolute atomic E-state index is 0.0299. The van der Waals surface area contributed by atoms with Crippen LogP contribution in [0.3, 0.4) is 0 Å². The van der Waals surface area contributed by atoms with Gasteiger partial charge in [0.25, 0.3) is 0 Å². The molecular formula is C29H31BrClNO5. The van der Waals surface area contributed by atoms with E-state index < -0.39 is 17.8 Å². The quantitative estimate of drug-likeness (QED) is 0.353. The molecule has 2 aromatic rings. The number of nitrogens with zero attached hydrogens (tertiary/aromatic N) is 1. The average molecular weight is 589 g/mol. The number of halogens is 2. The number of hydrogen-bond donors (Lipinski definition) is 1. The van der Waals surface area contributed by atoms with Crippen LogP contribution in [0.4, 0.5) is 0 Å². The molecule has 37 heavy (non-hydrogen) atoms. The molecule has 0 spiro atoms. The molecule has 0 saturated carbocycles. The zero-order valence-electron chi connectivity index (χ0n) is 21.4. The Morgan fingerprint density at radius 2 is 1.89 bits per heavy atom. The van der Waals surface area contributed by atoms with E-state index in [1.165, 1.54) is 0 Å². The maximum atomic E-state index is 13.8. The van der Waals surface area contributed by atoms with E-state index in [2.05, 4.69) is 15.9 Å². The number of aromatic hydroxyl groups is 1. The number of allylic oxidation sites excluding steroid dienone is 2. The number of ketones is 1. The third-order valence-electron chi connectivity index (χ3n) is 6.75. The average Bonchev–Trinajstić information content (AvgIpc) is 2.84. The van der Waals surface area contributed by atoms with Gasteiger partial charge in [0.15, 0.2) is 17.3 Å². The van der Waals surface area contributed by atoms with Crippen LogP contribution in [0.5, 0.6) is 11.5 Å². The second-order valence-electron chi connectivity index (χ2n) is 9.96. The number of phenolic OH excluding ortho intramolecular Hbond substituents is 1. The molecule has 1 N–H and O–H groups in total. The van der Waals surface area contributed by atoms with Gasteiger partial charge in [0, 0.05) is 34.3 Å². The second kappa shape index (κ2) is 11.4. The number of Topliss-reactive ketones (excluding diaryl/α,β-unsaturated/α-hetero) is 1. The fourth-order valence-electron chi connectivity index (χ4n) is 5.07. The number of rotatable bonds is 7. The van der Waals surface area contributed by atoms with Crippen molar-refractivity contribution in [3.05, 3.63) is 68.3 Å². The van der Waals surface area contributed by atoms with Crippen molar-refractivity contribution in [1.82, 2.24) is 0 Å². The Hall–Kier alpha value is -2.64. The Labute approximate surface area is 230 Å². The number of esters is 1. The van der Waals surface area contributed by atoms with Crippen molar-refractivity contribution >= 4 is 45.0 Å². The van der Waals surface area contributed by atoms with Gasteiger partial charge in [-0.25, -0.2) is 0 Å². The van der Waals surface area contributed by atoms with Gasteiger partial charge >= 0.3 is 5.97 Å². The largest absolute Gasteiger partial charge is 0.503 e. The third kappa shape index (κ3) is 5.78. The Kier molecular flexibility index (Phi) is 8.44. The molecule has 0 aromatic heterocycles. The van der Waals surface area contributed by atoms with Crippen LogP contribution in [0.1, 0.15) is 63.5 Å². The lowest BCUT2D eigenvalue weighted by Crippen LogP contribution is -2.38. The van der Waals surface area contributed by atoms with E-state index in [0.29, 0.717) is 51.5 Å². The molecule has 8 heteroatoms. The summed E-state index contributed by atoms with van der Waals surface area (Å²) in [5, 5.41) is 11.2. The SMILES string of the molecule is CCOc1cc(C2C3=C(CC(c4ccc(Cl)cc4)CC3=O)N=C(C)C2C(=O)OCC(C)C)cc(Br)c1O. The van der Waals surface area contributed by atoms with E-state index in [1.807, 2.05) is 52.0 Å². The highest BCUT2D eigenvalue weighted by molar-refractivity contribution is 9.10. The first kappa shape index (κ1) is 27.4. The van der Waals surface area contributed by atoms with Crippen molar-refractivity contribution < 1.29 is 24.2 Å². The predicted molar refractivity (Wildman–Crippen MR) is 148 cm³/mol. The topological polar surface area (TPSA) is 85.2 Å². The van der Waals surface area contributed by atoms with Gasteiger partial charge in [0.05, 0.1) is 17.7 Å². The van der Waals surface area contributed by atoms with Gasteiger partial charge in [-0.15, -0.1) is 0 Å². The molecule has 196 valence electrons. The molecule has 0 saturated heterocycles. The van der Waals surface area contributed by atoms with E-state index in [-0.39, 0.29) is 35.7 Å². The fourth-order valence-corrected chi connectivity index (χ4v) is 5.66. The molecule has 1 heterocycles. The van der Waals surface area contributed by atoms with Crippen LogP contribution in [0.25, 0.3) is 0 Å². The minimum Gasteiger partial charge on any atom is -0.503 e. The van der Waals surface area contributed by atoms with Gasteiger partial charge in [-0.3, -0.25) is 14.6 Å². The van der Waals surface area contributed by atoms with Gasteiger partial charge < -0.3 is 14.6 Å². The van der Waals surface area contributed by atoms with Crippen LogP contribution in [-0.4, -0.2) is 35.8 Å². The van der Waals surface area contributed by atoms with Crippen LogP contribution >= 0.6 is 27.5 Å². The summed E-state index contributed by atoms with van der Waals surface area (Å²) in [5.41, 5.74) is 3.53. The highest BCUT2D eigenvalue weighted by Crippen LogP contribution is 2.49. The lowest BCUT2D eigenvalue weighted by molar-refractivity contribution is -0.147. The number of ether oxygens (including phenoxy) is 2. The number of hydrogen-bond acceptors (Lipinski definition) is 6. The smallest absolute Gasteiger partial charge is 0.315 e. The number of benzene rings is 2. The normalized spacial score (nSPS) is 21.5. The van der Waals surface area contributed by atoms with E-state index >= 15 is 0 Å². The van der Waals surface area contributed by atoms with Gasteiger partial charge in [-0.05, 0) is 83.4 Å². The maximum Gasteiger partial charge on any atom is 0.315 e. The Morgan fingerprint density at radius 3 is 2.54 bits per heavy atom.